The standard InChI is InChI=1S/C13H15BrCl2N4/c1-3-4-17-11(12-13(14)18-19-20(12)2)8-5-9(15)7-10(16)6-8/h5-7,11,17H,3-4H2,1-2H3. The lowest BCUT2D eigenvalue weighted by atomic mass is 10.0. The number of nitrogens with zero attached hydrogens (tertiary/aromatic N) is 3. The van der Waals surface area contributed by atoms with Crippen molar-refractivity contribution in [3.05, 3.63) is 44.1 Å². The van der Waals surface area contributed by atoms with E-state index in [0.717, 1.165) is 24.2 Å². The van der Waals surface area contributed by atoms with Crippen molar-refractivity contribution in [1.29, 1.82) is 0 Å². The van der Waals surface area contributed by atoms with Crippen LogP contribution in [0.1, 0.15) is 30.6 Å². The summed E-state index contributed by atoms with van der Waals surface area (Å²) < 4.78 is 2.45. The summed E-state index contributed by atoms with van der Waals surface area (Å²) in [4.78, 5) is 0. The summed E-state index contributed by atoms with van der Waals surface area (Å²) in [5.41, 5.74) is 1.93. The van der Waals surface area contributed by atoms with Gasteiger partial charge in [-0.05, 0) is 52.7 Å². The molecule has 4 nitrogen and oxygen atoms in total. The molecular formula is C13H15BrCl2N4. The first-order chi connectivity index (χ1) is 9.52. The number of hydrogen-bond acceptors (Lipinski definition) is 3. The maximum Gasteiger partial charge on any atom is 0.153 e. The van der Waals surface area contributed by atoms with Crippen molar-refractivity contribution >= 4 is 39.1 Å². The van der Waals surface area contributed by atoms with Crippen LogP contribution in [0.25, 0.3) is 0 Å². The van der Waals surface area contributed by atoms with Gasteiger partial charge in [-0.2, -0.15) is 0 Å². The SMILES string of the molecule is CCCNC(c1cc(Cl)cc(Cl)c1)c1c(Br)nnn1C. The van der Waals surface area contributed by atoms with Crippen LogP contribution in [0.4, 0.5) is 0 Å². The molecule has 1 heterocycles. The molecule has 108 valence electrons. The molecule has 0 aliphatic rings. The minimum atomic E-state index is -0.0690. The predicted octanol–water partition coefficient (Wildman–Crippen LogP) is 3.97. The molecule has 0 amide bonds. The van der Waals surface area contributed by atoms with Crippen LogP contribution in [0, 0.1) is 0 Å². The Kier molecular flexibility index (Phi) is 5.43. The maximum absolute atomic E-state index is 6.11. The summed E-state index contributed by atoms with van der Waals surface area (Å²) in [6.45, 7) is 2.98. The smallest absolute Gasteiger partial charge is 0.153 e. The zero-order valence-electron chi connectivity index (χ0n) is 11.2. The number of benzene rings is 1. The second-order valence-corrected chi connectivity index (χ2v) is 6.10. The Bertz CT molecular complexity index is 560. The lowest BCUT2D eigenvalue weighted by Gasteiger charge is -2.20. The van der Waals surface area contributed by atoms with Gasteiger partial charge >= 0.3 is 0 Å². The minimum absolute atomic E-state index is 0.0690. The number of aromatic nitrogens is 3. The molecule has 7 heteroatoms. The first-order valence-electron chi connectivity index (χ1n) is 6.27. The second kappa shape index (κ2) is 6.89. The normalized spacial score (nSPS) is 12.7. The van der Waals surface area contributed by atoms with Gasteiger partial charge in [0.1, 0.15) is 0 Å². The Labute approximate surface area is 136 Å². The molecule has 1 unspecified atom stereocenters. The highest BCUT2D eigenvalue weighted by Gasteiger charge is 2.22. The van der Waals surface area contributed by atoms with E-state index in [1.165, 1.54) is 0 Å². The fourth-order valence-electron chi connectivity index (χ4n) is 2.05. The van der Waals surface area contributed by atoms with Crippen molar-refractivity contribution in [2.24, 2.45) is 7.05 Å². The monoisotopic (exact) mass is 376 g/mol. The van der Waals surface area contributed by atoms with Gasteiger partial charge in [-0.25, -0.2) is 4.68 Å². The van der Waals surface area contributed by atoms with Gasteiger partial charge in [0.2, 0.25) is 0 Å². The Hall–Kier alpha value is -0.620. The average molecular weight is 378 g/mol. The number of halogens is 3. The van der Waals surface area contributed by atoms with Crippen LogP contribution in [-0.4, -0.2) is 21.5 Å². The summed E-state index contributed by atoms with van der Waals surface area (Å²) in [6, 6.07) is 5.46. The highest BCUT2D eigenvalue weighted by Crippen LogP contribution is 2.30. The molecule has 1 aromatic heterocycles. The Morgan fingerprint density at radius 2 is 1.95 bits per heavy atom. The van der Waals surface area contributed by atoms with Gasteiger partial charge in [0.15, 0.2) is 4.60 Å². The van der Waals surface area contributed by atoms with E-state index in [9.17, 15) is 0 Å². The highest BCUT2D eigenvalue weighted by molar-refractivity contribution is 9.10. The highest BCUT2D eigenvalue weighted by atomic mass is 79.9. The number of nitrogens with one attached hydrogen (secondary N) is 1. The third-order valence-corrected chi connectivity index (χ3v) is 3.92. The van der Waals surface area contributed by atoms with Crippen molar-refractivity contribution in [3.63, 3.8) is 0 Å². The van der Waals surface area contributed by atoms with E-state index in [4.69, 9.17) is 23.2 Å². The van der Waals surface area contributed by atoms with Gasteiger partial charge in [-0.15, -0.1) is 5.10 Å². The van der Waals surface area contributed by atoms with Crippen LogP contribution in [-0.2, 0) is 7.05 Å². The molecule has 0 aliphatic heterocycles. The number of rotatable bonds is 5. The molecule has 1 N–H and O–H groups in total. The predicted molar refractivity (Wildman–Crippen MR) is 85.3 cm³/mol. The maximum atomic E-state index is 6.11. The molecule has 2 rings (SSSR count). The molecule has 2 aromatic rings. The van der Waals surface area contributed by atoms with Crippen LogP contribution in [0.2, 0.25) is 10.0 Å². The zero-order valence-corrected chi connectivity index (χ0v) is 14.3. The van der Waals surface area contributed by atoms with Crippen molar-refractivity contribution in [2.45, 2.75) is 19.4 Å². The Morgan fingerprint density at radius 1 is 1.30 bits per heavy atom. The van der Waals surface area contributed by atoms with E-state index in [0.29, 0.717) is 14.6 Å². The second-order valence-electron chi connectivity index (χ2n) is 4.48. The molecule has 1 aromatic carbocycles. The minimum Gasteiger partial charge on any atom is -0.305 e. The molecule has 20 heavy (non-hydrogen) atoms. The van der Waals surface area contributed by atoms with Crippen molar-refractivity contribution < 1.29 is 0 Å². The van der Waals surface area contributed by atoms with Gasteiger partial charge in [-0.1, -0.05) is 35.3 Å². The summed E-state index contributed by atoms with van der Waals surface area (Å²) in [7, 11) is 1.86. The summed E-state index contributed by atoms with van der Waals surface area (Å²) >= 11 is 15.7. The van der Waals surface area contributed by atoms with E-state index in [2.05, 4.69) is 38.5 Å². The Morgan fingerprint density at radius 3 is 2.45 bits per heavy atom. The Balaban J connectivity index is 2.47. The van der Waals surface area contributed by atoms with Crippen LogP contribution >= 0.6 is 39.1 Å². The lowest BCUT2D eigenvalue weighted by Crippen LogP contribution is -2.25. The van der Waals surface area contributed by atoms with E-state index in [1.54, 1.807) is 10.7 Å². The molecular weight excluding hydrogens is 363 g/mol. The number of hydrogen-bond donors (Lipinski definition) is 1. The summed E-state index contributed by atoms with van der Waals surface area (Å²) in [5.74, 6) is 0. The van der Waals surface area contributed by atoms with E-state index in [-0.39, 0.29) is 6.04 Å². The summed E-state index contributed by atoms with van der Waals surface area (Å²) in [6.07, 6.45) is 1.02. The quantitative estimate of drug-likeness (QED) is 0.856. The molecule has 0 fully saturated rings. The summed E-state index contributed by atoms with van der Waals surface area (Å²) in [5, 5.41) is 12.8. The van der Waals surface area contributed by atoms with Gasteiger partial charge in [0.25, 0.3) is 0 Å². The van der Waals surface area contributed by atoms with Crippen LogP contribution in [0.3, 0.4) is 0 Å². The zero-order chi connectivity index (χ0) is 14.7. The van der Waals surface area contributed by atoms with Gasteiger partial charge in [0.05, 0.1) is 11.7 Å². The van der Waals surface area contributed by atoms with Crippen molar-refractivity contribution in [2.75, 3.05) is 6.54 Å². The van der Waals surface area contributed by atoms with Gasteiger partial charge in [0, 0.05) is 17.1 Å². The molecule has 1 atom stereocenters. The van der Waals surface area contributed by atoms with Crippen molar-refractivity contribution in [1.82, 2.24) is 20.3 Å². The topological polar surface area (TPSA) is 42.7 Å². The van der Waals surface area contributed by atoms with Gasteiger partial charge < -0.3 is 5.32 Å². The first kappa shape index (κ1) is 15.8. The molecule has 0 saturated carbocycles. The molecule has 0 aliphatic carbocycles. The van der Waals surface area contributed by atoms with Gasteiger partial charge in [-0.3, -0.25) is 0 Å². The molecule has 0 saturated heterocycles. The molecule has 0 radical (unpaired) electrons. The van der Waals surface area contributed by atoms with E-state index in [1.807, 2.05) is 19.2 Å². The molecule has 0 bridgehead atoms. The third-order valence-electron chi connectivity index (χ3n) is 2.92. The molecule has 0 spiro atoms. The first-order valence-corrected chi connectivity index (χ1v) is 7.82. The average Bonchev–Trinajstić information content (AvgIpc) is 2.70. The number of aryl methyl sites for hydroxylation is 1. The fourth-order valence-corrected chi connectivity index (χ4v) is 3.15. The fraction of sp³-hybridized carbons (Fsp3) is 0.385. The van der Waals surface area contributed by atoms with Crippen LogP contribution < -0.4 is 5.32 Å². The van der Waals surface area contributed by atoms with Crippen LogP contribution in [0.5, 0.6) is 0 Å². The largest absolute Gasteiger partial charge is 0.305 e. The van der Waals surface area contributed by atoms with E-state index >= 15 is 0 Å². The van der Waals surface area contributed by atoms with E-state index < -0.39 is 0 Å². The van der Waals surface area contributed by atoms with Crippen LogP contribution in [0.15, 0.2) is 22.8 Å². The third kappa shape index (κ3) is 3.52. The van der Waals surface area contributed by atoms with Crippen molar-refractivity contribution in [3.8, 4) is 0 Å². The lowest BCUT2D eigenvalue weighted by molar-refractivity contribution is 0.549.